The molecule has 0 saturated carbocycles. The van der Waals surface area contributed by atoms with E-state index in [4.69, 9.17) is 4.74 Å². The Hall–Kier alpha value is -2.47. The van der Waals surface area contributed by atoms with Gasteiger partial charge in [-0.2, -0.15) is 0 Å². The maximum absolute atomic E-state index is 12.6. The molecule has 1 aromatic heterocycles. The molecule has 0 atom stereocenters. The van der Waals surface area contributed by atoms with Crippen molar-refractivity contribution in [3.63, 3.8) is 0 Å². The number of ether oxygens (including phenoxy) is 1. The van der Waals surface area contributed by atoms with Gasteiger partial charge in [0, 0.05) is 24.8 Å². The minimum atomic E-state index is -0.212. The Balaban J connectivity index is 1.83. The minimum absolute atomic E-state index is 0.212. The van der Waals surface area contributed by atoms with Crippen molar-refractivity contribution in [2.75, 3.05) is 36.5 Å². The van der Waals surface area contributed by atoms with Gasteiger partial charge < -0.3 is 15.0 Å². The number of anilines is 2. The van der Waals surface area contributed by atoms with Gasteiger partial charge in [0.15, 0.2) is 0 Å². The summed E-state index contributed by atoms with van der Waals surface area (Å²) in [5, 5.41) is 2.96. The molecule has 6 heteroatoms. The van der Waals surface area contributed by atoms with Gasteiger partial charge in [0.1, 0.15) is 17.3 Å². The summed E-state index contributed by atoms with van der Waals surface area (Å²) in [6.45, 7) is 6.77. The summed E-state index contributed by atoms with van der Waals surface area (Å²) in [6.07, 6.45) is 0.859. The van der Waals surface area contributed by atoms with E-state index < -0.39 is 0 Å². The highest BCUT2D eigenvalue weighted by atomic mass is 16.5. The first-order valence-corrected chi connectivity index (χ1v) is 8.25. The summed E-state index contributed by atoms with van der Waals surface area (Å²) in [7, 11) is 0. The van der Waals surface area contributed by atoms with Crippen LogP contribution in [0.3, 0.4) is 0 Å². The summed E-state index contributed by atoms with van der Waals surface area (Å²) < 4.78 is 5.37. The van der Waals surface area contributed by atoms with E-state index in [9.17, 15) is 4.79 Å². The molecule has 0 bridgehead atoms. The second-order valence-corrected chi connectivity index (χ2v) is 5.72. The summed E-state index contributed by atoms with van der Waals surface area (Å²) in [6, 6.07) is 9.56. The Kier molecular flexibility index (Phi) is 5.05. The van der Waals surface area contributed by atoms with Gasteiger partial charge in [0.05, 0.1) is 13.2 Å². The molecule has 1 fully saturated rings. The summed E-state index contributed by atoms with van der Waals surface area (Å²) in [4.78, 5) is 23.5. The number of hydrogen-bond acceptors (Lipinski definition) is 5. The van der Waals surface area contributed by atoms with E-state index in [2.05, 4.69) is 27.1 Å². The van der Waals surface area contributed by atoms with E-state index in [0.717, 1.165) is 36.6 Å². The molecule has 3 rings (SSSR count). The number of nitrogens with zero attached hydrogens (tertiary/aromatic N) is 3. The fourth-order valence-electron chi connectivity index (χ4n) is 2.76. The lowest BCUT2D eigenvalue weighted by Crippen LogP contribution is -2.37. The normalized spacial score (nSPS) is 14.5. The molecule has 1 aliphatic heterocycles. The van der Waals surface area contributed by atoms with Crippen LogP contribution in [-0.2, 0) is 11.2 Å². The third-order valence-corrected chi connectivity index (χ3v) is 4.04. The zero-order chi connectivity index (χ0) is 16.9. The number of aryl methyl sites for hydroxylation is 2. The fourth-order valence-corrected chi connectivity index (χ4v) is 2.76. The Labute approximate surface area is 141 Å². The lowest BCUT2D eigenvalue weighted by molar-refractivity contribution is 0.102. The van der Waals surface area contributed by atoms with Crippen molar-refractivity contribution in [3.05, 3.63) is 47.4 Å². The molecule has 2 aromatic rings. The lowest BCUT2D eigenvalue weighted by atomic mass is 10.1. The number of benzene rings is 1. The van der Waals surface area contributed by atoms with E-state index in [1.165, 1.54) is 0 Å². The molecule has 0 unspecified atom stereocenters. The van der Waals surface area contributed by atoms with Crippen molar-refractivity contribution < 1.29 is 9.53 Å². The van der Waals surface area contributed by atoms with Crippen LogP contribution >= 0.6 is 0 Å². The first-order chi connectivity index (χ1) is 11.7. The monoisotopic (exact) mass is 326 g/mol. The molecule has 24 heavy (non-hydrogen) atoms. The zero-order valence-corrected chi connectivity index (χ0v) is 14.1. The van der Waals surface area contributed by atoms with Gasteiger partial charge in [0.2, 0.25) is 0 Å². The number of hydrogen-bond donors (Lipinski definition) is 1. The molecule has 0 spiro atoms. The smallest absolute Gasteiger partial charge is 0.274 e. The maximum Gasteiger partial charge on any atom is 0.274 e. The Morgan fingerprint density at radius 3 is 2.75 bits per heavy atom. The van der Waals surface area contributed by atoms with Gasteiger partial charge in [-0.3, -0.25) is 4.79 Å². The van der Waals surface area contributed by atoms with Gasteiger partial charge >= 0.3 is 0 Å². The number of rotatable bonds is 4. The molecule has 1 saturated heterocycles. The molecule has 126 valence electrons. The van der Waals surface area contributed by atoms with Gasteiger partial charge in [-0.15, -0.1) is 0 Å². The molecule has 2 heterocycles. The van der Waals surface area contributed by atoms with E-state index in [1.54, 1.807) is 13.0 Å². The summed E-state index contributed by atoms with van der Waals surface area (Å²) in [5.74, 6) is 1.16. The third-order valence-electron chi connectivity index (χ3n) is 4.04. The number of aromatic nitrogens is 2. The zero-order valence-electron chi connectivity index (χ0n) is 14.1. The van der Waals surface area contributed by atoms with Crippen LogP contribution < -0.4 is 10.2 Å². The van der Waals surface area contributed by atoms with Gasteiger partial charge in [-0.25, -0.2) is 9.97 Å². The van der Waals surface area contributed by atoms with Crippen LogP contribution in [0.5, 0.6) is 0 Å². The lowest BCUT2D eigenvalue weighted by Gasteiger charge is -2.28. The standard InChI is InChI=1S/C18H22N4O2/c1-3-14-6-4-5-7-15(14)21-18(23)16-12-17(20-13(2)19-16)22-8-10-24-11-9-22/h4-7,12H,3,8-11H2,1-2H3,(H,21,23). The van der Waals surface area contributed by atoms with Crippen LogP contribution in [0.2, 0.25) is 0 Å². The van der Waals surface area contributed by atoms with Crippen LogP contribution in [-0.4, -0.2) is 42.2 Å². The van der Waals surface area contributed by atoms with E-state index in [-0.39, 0.29) is 5.91 Å². The van der Waals surface area contributed by atoms with Crippen LogP contribution in [0, 0.1) is 6.92 Å². The molecule has 1 amide bonds. The first kappa shape index (κ1) is 16.4. The van der Waals surface area contributed by atoms with Crippen LogP contribution in [0.25, 0.3) is 0 Å². The topological polar surface area (TPSA) is 67.4 Å². The minimum Gasteiger partial charge on any atom is -0.378 e. The number of amides is 1. The number of carbonyl (C=O) groups excluding carboxylic acids is 1. The van der Waals surface area contributed by atoms with Gasteiger partial charge in [0.25, 0.3) is 5.91 Å². The second kappa shape index (κ2) is 7.40. The Morgan fingerprint density at radius 2 is 2.00 bits per heavy atom. The van der Waals surface area contributed by atoms with Crippen molar-refractivity contribution in [2.45, 2.75) is 20.3 Å². The number of morpholine rings is 1. The molecule has 1 aliphatic rings. The first-order valence-electron chi connectivity index (χ1n) is 8.25. The van der Waals surface area contributed by atoms with Crippen LogP contribution in [0.4, 0.5) is 11.5 Å². The Morgan fingerprint density at radius 1 is 1.25 bits per heavy atom. The predicted molar refractivity (Wildman–Crippen MR) is 93.6 cm³/mol. The largest absolute Gasteiger partial charge is 0.378 e. The predicted octanol–water partition coefficient (Wildman–Crippen LogP) is 2.44. The fraction of sp³-hybridized carbons (Fsp3) is 0.389. The maximum atomic E-state index is 12.6. The Bertz CT molecular complexity index is 727. The van der Waals surface area contributed by atoms with E-state index >= 15 is 0 Å². The number of carbonyl (C=O) groups is 1. The van der Waals surface area contributed by atoms with E-state index in [0.29, 0.717) is 24.7 Å². The summed E-state index contributed by atoms with van der Waals surface area (Å²) in [5.41, 5.74) is 2.31. The van der Waals surface area contributed by atoms with Crippen molar-refractivity contribution in [1.29, 1.82) is 0 Å². The van der Waals surface area contributed by atoms with Crippen LogP contribution in [0.1, 0.15) is 28.8 Å². The molecule has 6 nitrogen and oxygen atoms in total. The average molecular weight is 326 g/mol. The summed E-state index contributed by atoms with van der Waals surface area (Å²) >= 11 is 0. The molecule has 0 aliphatic carbocycles. The highest BCUT2D eigenvalue weighted by Gasteiger charge is 2.17. The average Bonchev–Trinajstić information content (AvgIpc) is 2.62. The third kappa shape index (κ3) is 3.71. The molecule has 1 N–H and O–H groups in total. The quantitative estimate of drug-likeness (QED) is 0.935. The SMILES string of the molecule is CCc1ccccc1NC(=O)c1cc(N2CCOCC2)nc(C)n1. The van der Waals surface area contributed by atoms with E-state index in [1.807, 2.05) is 24.3 Å². The van der Waals surface area contributed by atoms with Crippen molar-refractivity contribution in [3.8, 4) is 0 Å². The molecule has 0 radical (unpaired) electrons. The van der Waals surface area contributed by atoms with Crippen molar-refractivity contribution in [2.24, 2.45) is 0 Å². The molecular formula is C18H22N4O2. The van der Waals surface area contributed by atoms with Crippen molar-refractivity contribution in [1.82, 2.24) is 9.97 Å². The number of nitrogens with one attached hydrogen (secondary N) is 1. The van der Waals surface area contributed by atoms with Gasteiger partial charge in [-0.05, 0) is 25.0 Å². The molecule has 1 aromatic carbocycles. The van der Waals surface area contributed by atoms with Crippen LogP contribution in [0.15, 0.2) is 30.3 Å². The number of para-hydroxylation sites is 1. The second-order valence-electron chi connectivity index (χ2n) is 5.72. The van der Waals surface area contributed by atoms with Crippen molar-refractivity contribution >= 4 is 17.4 Å². The van der Waals surface area contributed by atoms with Gasteiger partial charge in [-0.1, -0.05) is 25.1 Å². The highest BCUT2D eigenvalue weighted by Crippen LogP contribution is 2.18. The highest BCUT2D eigenvalue weighted by molar-refractivity contribution is 6.03. The molecular weight excluding hydrogens is 304 g/mol.